The van der Waals surface area contributed by atoms with E-state index in [0.717, 1.165) is 36.2 Å². The Labute approximate surface area is 127 Å². The van der Waals surface area contributed by atoms with Crippen LogP contribution in [-0.4, -0.2) is 43.3 Å². The molecular weight excluding hydrogens is 322 g/mol. The van der Waals surface area contributed by atoms with Crippen molar-refractivity contribution in [1.29, 1.82) is 5.26 Å². The van der Waals surface area contributed by atoms with Crippen LogP contribution in [0.25, 0.3) is 0 Å². The van der Waals surface area contributed by atoms with E-state index >= 15 is 0 Å². The first-order valence-corrected chi connectivity index (χ1v) is 7.34. The largest absolute Gasteiger partial charge is 0.504 e. The second-order valence-corrected chi connectivity index (χ2v) is 5.63. The summed E-state index contributed by atoms with van der Waals surface area (Å²) in [4.78, 5) is 2.22. The Balaban J connectivity index is 2.38. The molecule has 1 saturated heterocycles. The lowest BCUT2D eigenvalue weighted by atomic mass is 10.00. The maximum absolute atomic E-state index is 10.3. The molecule has 1 aromatic carbocycles. The Morgan fingerprint density at radius 3 is 2.80 bits per heavy atom. The average Bonchev–Trinajstić information content (AvgIpc) is 2.48. The standard InChI is InChI=1S/C14H18BrN3O2/c1-20-13-9-10(15)8-11(14(13)19)12(2-3-16)18-6-4-17-5-7-18/h8-9,12,17,19H,2,4-7H2,1H3/t12-/m0/s1. The minimum absolute atomic E-state index is 0.117. The van der Waals surface area contributed by atoms with Crippen LogP contribution in [0, 0.1) is 11.3 Å². The van der Waals surface area contributed by atoms with Crippen LogP contribution in [-0.2, 0) is 0 Å². The number of piperazine rings is 1. The molecule has 1 aliphatic rings. The van der Waals surface area contributed by atoms with E-state index in [9.17, 15) is 5.11 Å². The number of halogens is 1. The van der Waals surface area contributed by atoms with Crippen LogP contribution < -0.4 is 10.1 Å². The predicted molar refractivity (Wildman–Crippen MR) is 79.8 cm³/mol. The Kier molecular flexibility index (Phi) is 5.24. The highest BCUT2D eigenvalue weighted by atomic mass is 79.9. The minimum Gasteiger partial charge on any atom is -0.504 e. The van der Waals surface area contributed by atoms with E-state index in [1.807, 2.05) is 6.07 Å². The monoisotopic (exact) mass is 339 g/mol. The fourth-order valence-electron chi connectivity index (χ4n) is 2.52. The van der Waals surface area contributed by atoms with Crippen molar-refractivity contribution < 1.29 is 9.84 Å². The maximum Gasteiger partial charge on any atom is 0.162 e. The first-order chi connectivity index (χ1) is 9.67. The topological polar surface area (TPSA) is 68.5 Å². The second kappa shape index (κ2) is 6.93. The molecule has 0 bridgehead atoms. The van der Waals surface area contributed by atoms with Crippen LogP contribution in [0.1, 0.15) is 18.0 Å². The number of phenolic OH excluding ortho intramolecular Hbond substituents is 1. The van der Waals surface area contributed by atoms with Gasteiger partial charge in [-0.25, -0.2) is 0 Å². The number of benzene rings is 1. The zero-order chi connectivity index (χ0) is 14.5. The Morgan fingerprint density at radius 1 is 1.50 bits per heavy atom. The van der Waals surface area contributed by atoms with Crippen molar-refractivity contribution in [3.05, 3.63) is 22.2 Å². The highest BCUT2D eigenvalue weighted by Gasteiger charge is 2.26. The van der Waals surface area contributed by atoms with E-state index in [1.165, 1.54) is 7.11 Å². The van der Waals surface area contributed by atoms with Crippen molar-refractivity contribution >= 4 is 15.9 Å². The Bertz CT molecular complexity index is 510. The predicted octanol–water partition coefficient (Wildman–Crippen LogP) is 2.02. The van der Waals surface area contributed by atoms with Gasteiger partial charge in [0, 0.05) is 36.2 Å². The Morgan fingerprint density at radius 2 is 2.20 bits per heavy atom. The minimum atomic E-state index is -0.117. The van der Waals surface area contributed by atoms with Crippen LogP contribution in [0.3, 0.4) is 0 Å². The number of aromatic hydroxyl groups is 1. The van der Waals surface area contributed by atoms with Gasteiger partial charge in [-0.15, -0.1) is 0 Å². The lowest BCUT2D eigenvalue weighted by molar-refractivity contribution is 0.172. The summed E-state index contributed by atoms with van der Waals surface area (Å²) in [6.45, 7) is 3.52. The van der Waals surface area contributed by atoms with Gasteiger partial charge in [-0.3, -0.25) is 4.90 Å². The quantitative estimate of drug-likeness (QED) is 0.878. The lowest BCUT2D eigenvalue weighted by Gasteiger charge is -2.34. The van der Waals surface area contributed by atoms with Crippen LogP contribution in [0.2, 0.25) is 0 Å². The number of ether oxygens (including phenoxy) is 1. The molecule has 1 atom stereocenters. The average molecular weight is 340 g/mol. The normalized spacial score (nSPS) is 17.4. The number of hydrogen-bond acceptors (Lipinski definition) is 5. The summed E-state index contributed by atoms with van der Waals surface area (Å²) in [6.07, 6.45) is 0.340. The van der Waals surface area contributed by atoms with Gasteiger partial charge >= 0.3 is 0 Å². The van der Waals surface area contributed by atoms with Crippen molar-refractivity contribution in [1.82, 2.24) is 10.2 Å². The van der Waals surface area contributed by atoms with Crippen molar-refractivity contribution in [3.63, 3.8) is 0 Å². The number of rotatable bonds is 4. The molecule has 2 rings (SSSR count). The van der Waals surface area contributed by atoms with E-state index in [1.54, 1.807) is 6.07 Å². The molecule has 6 heteroatoms. The number of hydrogen-bond donors (Lipinski definition) is 2. The third-order valence-electron chi connectivity index (χ3n) is 3.53. The van der Waals surface area contributed by atoms with Gasteiger partial charge in [0.2, 0.25) is 0 Å². The lowest BCUT2D eigenvalue weighted by Crippen LogP contribution is -2.45. The van der Waals surface area contributed by atoms with Gasteiger partial charge in [0.15, 0.2) is 11.5 Å². The van der Waals surface area contributed by atoms with E-state index < -0.39 is 0 Å². The highest BCUT2D eigenvalue weighted by Crippen LogP contribution is 2.40. The number of nitrogens with zero attached hydrogens (tertiary/aromatic N) is 2. The van der Waals surface area contributed by atoms with Crippen molar-refractivity contribution in [3.8, 4) is 17.6 Å². The van der Waals surface area contributed by atoms with E-state index in [4.69, 9.17) is 10.00 Å². The van der Waals surface area contributed by atoms with E-state index in [2.05, 4.69) is 32.2 Å². The molecule has 108 valence electrons. The van der Waals surface area contributed by atoms with Gasteiger partial charge in [-0.2, -0.15) is 5.26 Å². The van der Waals surface area contributed by atoms with Crippen molar-refractivity contribution in [2.24, 2.45) is 0 Å². The SMILES string of the molecule is COc1cc(Br)cc([C@H](CC#N)N2CCNCC2)c1O. The molecule has 0 aliphatic carbocycles. The molecule has 0 aromatic heterocycles. The van der Waals surface area contributed by atoms with Crippen LogP contribution in [0.15, 0.2) is 16.6 Å². The van der Waals surface area contributed by atoms with E-state index in [-0.39, 0.29) is 11.8 Å². The van der Waals surface area contributed by atoms with Crippen LogP contribution in [0.5, 0.6) is 11.5 Å². The van der Waals surface area contributed by atoms with Gasteiger partial charge in [0.1, 0.15) is 0 Å². The molecule has 0 radical (unpaired) electrons. The van der Waals surface area contributed by atoms with Gasteiger partial charge in [-0.1, -0.05) is 15.9 Å². The zero-order valence-corrected chi connectivity index (χ0v) is 13.0. The molecule has 0 amide bonds. The molecule has 2 N–H and O–H groups in total. The molecule has 1 aromatic rings. The molecule has 0 spiro atoms. The first kappa shape index (κ1) is 15.1. The van der Waals surface area contributed by atoms with Crippen LogP contribution >= 0.6 is 15.9 Å². The molecule has 5 nitrogen and oxygen atoms in total. The summed E-state index contributed by atoms with van der Waals surface area (Å²) < 4.78 is 6.02. The first-order valence-electron chi connectivity index (χ1n) is 6.55. The zero-order valence-electron chi connectivity index (χ0n) is 11.4. The second-order valence-electron chi connectivity index (χ2n) is 4.71. The molecule has 1 fully saturated rings. The summed E-state index contributed by atoms with van der Waals surface area (Å²) in [7, 11) is 1.52. The number of phenols is 1. The molecular formula is C14H18BrN3O2. The fourth-order valence-corrected chi connectivity index (χ4v) is 2.97. The third-order valence-corrected chi connectivity index (χ3v) is 3.98. The molecule has 20 heavy (non-hydrogen) atoms. The molecule has 1 aliphatic heterocycles. The fraction of sp³-hybridized carbons (Fsp3) is 0.500. The summed E-state index contributed by atoms with van der Waals surface area (Å²) in [5, 5.41) is 22.7. The molecule has 0 saturated carbocycles. The summed E-state index contributed by atoms with van der Waals surface area (Å²) in [5.41, 5.74) is 0.736. The smallest absolute Gasteiger partial charge is 0.162 e. The molecule has 0 unspecified atom stereocenters. The summed E-state index contributed by atoms with van der Waals surface area (Å²) in [5.74, 6) is 0.543. The van der Waals surface area contributed by atoms with Crippen molar-refractivity contribution in [2.75, 3.05) is 33.3 Å². The third kappa shape index (κ3) is 3.23. The van der Waals surface area contributed by atoms with Crippen LogP contribution in [0.4, 0.5) is 0 Å². The van der Waals surface area contributed by atoms with Gasteiger partial charge in [0.05, 0.1) is 25.6 Å². The van der Waals surface area contributed by atoms with Crippen molar-refractivity contribution in [2.45, 2.75) is 12.5 Å². The van der Waals surface area contributed by atoms with E-state index in [0.29, 0.717) is 12.2 Å². The number of nitriles is 1. The molecule has 1 heterocycles. The summed E-state index contributed by atoms with van der Waals surface area (Å²) >= 11 is 3.43. The highest BCUT2D eigenvalue weighted by molar-refractivity contribution is 9.10. The summed E-state index contributed by atoms with van der Waals surface area (Å²) in [6, 6.07) is 5.69. The number of methoxy groups -OCH3 is 1. The van der Waals surface area contributed by atoms with Gasteiger partial charge in [0.25, 0.3) is 0 Å². The number of nitrogens with one attached hydrogen (secondary N) is 1. The maximum atomic E-state index is 10.3. The van der Waals surface area contributed by atoms with Gasteiger partial charge in [-0.05, 0) is 12.1 Å². The van der Waals surface area contributed by atoms with Gasteiger partial charge < -0.3 is 15.2 Å². The Hall–Kier alpha value is -1.29.